The standard InChI is InChI=1S/C10H20INO4/c1-14-5-4-8-15-6-2-3-7-16-9-10(13)12-11/h2-9H2,1H3,(H,12,13). The van der Waals surface area contributed by atoms with Crippen LogP contribution in [0.25, 0.3) is 0 Å². The Morgan fingerprint density at radius 1 is 1.06 bits per heavy atom. The van der Waals surface area contributed by atoms with Gasteiger partial charge in [0.25, 0.3) is 5.91 Å². The van der Waals surface area contributed by atoms with Crippen LogP contribution in [0.3, 0.4) is 0 Å². The summed E-state index contributed by atoms with van der Waals surface area (Å²) in [6, 6.07) is 0. The molecule has 0 bridgehead atoms. The van der Waals surface area contributed by atoms with Gasteiger partial charge in [0, 0.05) is 33.5 Å². The summed E-state index contributed by atoms with van der Waals surface area (Å²) in [6.45, 7) is 2.97. The zero-order valence-corrected chi connectivity index (χ0v) is 11.8. The summed E-state index contributed by atoms with van der Waals surface area (Å²) in [4.78, 5) is 10.8. The van der Waals surface area contributed by atoms with Gasteiger partial charge < -0.3 is 14.2 Å². The quantitative estimate of drug-likeness (QED) is 0.348. The molecular weight excluding hydrogens is 325 g/mol. The van der Waals surface area contributed by atoms with Gasteiger partial charge in [-0.25, -0.2) is 0 Å². The molecule has 1 amide bonds. The van der Waals surface area contributed by atoms with Crippen molar-refractivity contribution in [2.45, 2.75) is 19.3 Å². The molecule has 0 unspecified atom stereocenters. The molecule has 0 aliphatic heterocycles. The predicted molar refractivity (Wildman–Crippen MR) is 69.5 cm³/mol. The fourth-order valence-corrected chi connectivity index (χ4v) is 1.16. The van der Waals surface area contributed by atoms with Gasteiger partial charge in [-0.3, -0.25) is 8.32 Å². The molecule has 0 spiro atoms. The van der Waals surface area contributed by atoms with Crippen molar-refractivity contribution in [2.24, 2.45) is 0 Å². The van der Waals surface area contributed by atoms with Gasteiger partial charge in [0.05, 0.1) is 22.9 Å². The topological polar surface area (TPSA) is 56.8 Å². The van der Waals surface area contributed by atoms with Crippen LogP contribution in [0.2, 0.25) is 0 Å². The lowest BCUT2D eigenvalue weighted by atomic mass is 10.3. The minimum Gasteiger partial charge on any atom is -0.385 e. The normalized spacial score (nSPS) is 10.4. The summed E-state index contributed by atoms with van der Waals surface area (Å²) in [5.41, 5.74) is 0. The van der Waals surface area contributed by atoms with Crippen LogP contribution in [-0.2, 0) is 19.0 Å². The molecule has 0 saturated heterocycles. The van der Waals surface area contributed by atoms with Gasteiger partial charge in [0.15, 0.2) is 0 Å². The maximum absolute atomic E-state index is 10.8. The van der Waals surface area contributed by atoms with Gasteiger partial charge >= 0.3 is 0 Å². The zero-order chi connectivity index (χ0) is 12.1. The summed E-state index contributed by atoms with van der Waals surface area (Å²) >= 11 is 1.79. The maximum Gasteiger partial charge on any atom is 0.254 e. The SMILES string of the molecule is COCCCOCCCCOCC(=O)NI. The number of hydrogen-bond acceptors (Lipinski definition) is 4. The van der Waals surface area contributed by atoms with Gasteiger partial charge in [-0.1, -0.05) is 0 Å². The fraction of sp³-hybridized carbons (Fsp3) is 0.900. The number of carbonyl (C=O) groups excluding carboxylic acids is 1. The Morgan fingerprint density at radius 3 is 2.31 bits per heavy atom. The average molecular weight is 345 g/mol. The molecule has 0 aromatic carbocycles. The first-order valence-electron chi connectivity index (χ1n) is 5.35. The molecule has 0 fully saturated rings. The molecule has 5 nitrogen and oxygen atoms in total. The first-order chi connectivity index (χ1) is 7.81. The van der Waals surface area contributed by atoms with E-state index in [0.717, 1.165) is 39.1 Å². The molecule has 6 heteroatoms. The summed E-state index contributed by atoms with van der Waals surface area (Å²) in [6.07, 6.45) is 2.81. The number of rotatable bonds is 11. The number of nitrogens with one attached hydrogen (secondary N) is 1. The smallest absolute Gasteiger partial charge is 0.254 e. The summed E-state index contributed by atoms with van der Waals surface area (Å²) in [5.74, 6) is -0.101. The maximum atomic E-state index is 10.8. The third kappa shape index (κ3) is 12.2. The highest BCUT2D eigenvalue weighted by atomic mass is 127. The molecule has 0 aliphatic rings. The highest BCUT2D eigenvalue weighted by Crippen LogP contribution is 1.93. The Hall–Kier alpha value is 0.0800. The van der Waals surface area contributed by atoms with Crippen LogP contribution >= 0.6 is 22.9 Å². The number of hydrogen-bond donors (Lipinski definition) is 1. The number of methoxy groups -OCH3 is 1. The molecule has 1 N–H and O–H groups in total. The highest BCUT2D eigenvalue weighted by Gasteiger charge is 1.97. The largest absolute Gasteiger partial charge is 0.385 e. The molecule has 0 aromatic rings. The molecule has 0 aliphatic carbocycles. The van der Waals surface area contributed by atoms with Gasteiger partial charge in [-0.2, -0.15) is 0 Å². The van der Waals surface area contributed by atoms with Crippen LogP contribution in [0.5, 0.6) is 0 Å². The Kier molecular flexibility index (Phi) is 13.2. The molecule has 0 saturated carbocycles. The van der Waals surface area contributed by atoms with E-state index in [-0.39, 0.29) is 12.5 Å². The third-order valence-corrected chi connectivity index (χ3v) is 2.40. The van der Waals surface area contributed by atoms with Crippen molar-refractivity contribution >= 4 is 28.8 Å². The minimum absolute atomic E-state index is 0.101. The van der Waals surface area contributed by atoms with Crippen LogP contribution in [0, 0.1) is 0 Å². The fourth-order valence-electron chi connectivity index (χ4n) is 1.01. The Labute approximate surface area is 111 Å². The van der Waals surface area contributed by atoms with Crippen molar-refractivity contribution < 1.29 is 19.0 Å². The summed E-state index contributed by atoms with van der Waals surface area (Å²) < 4.78 is 17.9. The second-order valence-electron chi connectivity index (χ2n) is 3.24. The monoisotopic (exact) mass is 345 g/mol. The molecule has 0 radical (unpaired) electrons. The van der Waals surface area contributed by atoms with E-state index in [1.54, 1.807) is 30.0 Å². The average Bonchev–Trinajstić information content (AvgIpc) is 2.31. The third-order valence-electron chi connectivity index (χ3n) is 1.80. The lowest BCUT2D eigenvalue weighted by molar-refractivity contribution is -0.123. The summed E-state index contributed by atoms with van der Waals surface area (Å²) in [7, 11) is 1.68. The van der Waals surface area contributed by atoms with Crippen LogP contribution < -0.4 is 3.53 Å². The molecule has 96 valence electrons. The van der Waals surface area contributed by atoms with E-state index in [9.17, 15) is 4.79 Å². The van der Waals surface area contributed by atoms with E-state index < -0.39 is 0 Å². The number of halogens is 1. The summed E-state index contributed by atoms with van der Waals surface area (Å²) in [5, 5.41) is 0. The van der Waals surface area contributed by atoms with Gasteiger partial charge in [-0.05, 0) is 19.3 Å². The van der Waals surface area contributed by atoms with Crippen molar-refractivity contribution in [3.8, 4) is 0 Å². The van der Waals surface area contributed by atoms with Crippen LogP contribution in [0.15, 0.2) is 0 Å². The molecule has 16 heavy (non-hydrogen) atoms. The van der Waals surface area contributed by atoms with E-state index >= 15 is 0 Å². The van der Waals surface area contributed by atoms with Crippen LogP contribution in [0.4, 0.5) is 0 Å². The first kappa shape index (κ1) is 16.1. The van der Waals surface area contributed by atoms with Crippen molar-refractivity contribution in [3.05, 3.63) is 0 Å². The van der Waals surface area contributed by atoms with Crippen molar-refractivity contribution in [1.29, 1.82) is 0 Å². The molecule has 0 aromatic heterocycles. The number of carbonyl (C=O) groups is 1. The number of ether oxygens (including phenoxy) is 3. The Morgan fingerprint density at radius 2 is 1.69 bits per heavy atom. The van der Waals surface area contributed by atoms with Gasteiger partial charge in [0.1, 0.15) is 6.61 Å². The second-order valence-corrected chi connectivity index (χ2v) is 3.78. The lowest BCUT2D eigenvalue weighted by Gasteiger charge is -2.04. The van der Waals surface area contributed by atoms with E-state index in [4.69, 9.17) is 14.2 Å². The molecule has 0 atom stereocenters. The number of amides is 1. The van der Waals surface area contributed by atoms with E-state index in [1.807, 2.05) is 0 Å². The predicted octanol–water partition coefficient (Wildman–Crippen LogP) is 1.30. The van der Waals surface area contributed by atoms with Crippen LogP contribution in [0.1, 0.15) is 19.3 Å². The van der Waals surface area contributed by atoms with Crippen LogP contribution in [-0.4, -0.2) is 46.1 Å². The van der Waals surface area contributed by atoms with E-state index in [0.29, 0.717) is 6.61 Å². The van der Waals surface area contributed by atoms with Gasteiger partial charge in [-0.15, -0.1) is 0 Å². The minimum atomic E-state index is -0.101. The first-order valence-corrected chi connectivity index (χ1v) is 6.43. The lowest BCUT2D eigenvalue weighted by Crippen LogP contribution is -2.18. The van der Waals surface area contributed by atoms with Crippen molar-refractivity contribution in [3.63, 3.8) is 0 Å². The van der Waals surface area contributed by atoms with Gasteiger partial charge in [0.2, 0.25) is 0 Å². The Balaban J connectivity index is 2.96. The van der Waals surface area contributed by atoms with Crippen molar-refractivity contribution in [2.75, 3.05) is 40.1 Å². The molecule has 0 rings (SSSR count). The highest BCUT2D eigenvalue weighted by molar-refractivity contribution is 14.1. The molecule has 0 heterocycles. The van der Waals surface area contributed by atoms with Crippen molar-refractivity contribution in [1.82, 2.24) is 3.53 Å². The second kappa shape index (κ2) is 13.1. The van der Waals surface area contributed by atoms with E-state index in [2.05, 4.69) is 3.53 Å². The van der Waals surface area contributed by atoms with E-state index in [1.165, 1.54) is 0 Å². The zero-order valence-electron chi connectivity index (χ0n) is 9.67. The molecular formula is C10H20INO4. The Bertz CT molecular complexity index is 169. The number of unbranched alkanes of at least 4 members (excludes halogenated alkanes) is 1.